The van der Waals surface area contributed by atoms with Crippen molar-refractivity contribution < 1.29 is 18.3 Å². The SMILES string of the molecule is O=C(O)CCc1cc2ncccc2n1S(=O)(=O)c1ccccc1. The molecule has 3 aromatic rings. The van der Waals surface area contributed by atoms with E-state index in [1.165, 1.54) is 16.1 Å². The first-order valence-electron chi connectivity index (χ1n) is 6.98. The smallest absolute Gasteiger partial charge is 0.303 e. The van der Waals surface area contributed by atoms with Crippen LogP contribution in [0.15, 0.2) is 59.6 Å². The summed E-state index contributed by atoms with van der Waals surface area (Å²) in [5.41, 5.74) is 1.37. The lowest BCUT2D eigenvalue weighted by Gasteiger charge is -2.11. The number of carboxylic acids is 1. The molecule has 7 heteroatoms. The number of hydrogen-bond donors (Lipinski definition) is 1. The zero-order valence-electron chi connectivity index (χ0n) is 12.1. The van der Waals surface area contributed by atoms with Gasteiger partial charge in [-0.25, -0.2) is 12.4 Å². The van der Waals surface area contributed by atoms with Crippen LogP contribution in [0.2, 0.25) is 0 Å². The molecular weight excluding hydrogens is 316 g/mol. The van der Waals surface area contributed by atoms with Crippen LogP contribution in [0.4, 0.5) is 0 Å². The predicted molar refractivity (Wildman–Crippen MR) is 84.7 cm³/mol. The average Bonchev–Trinajstić information content (AvgIpc) is 2.93. The molecule has 1 aromatic carbocycles. The highest BCUT2D eigenvalue weighted by Crippen LogP contribution is 2.25. The highest BCUT2D eigenvalue weighted by Gasteiger charge is 2.23. The number of aromatic nitrogens is 2. The fourth-order valence-electron chi connectivity index (χ4n) is 2.45. The first kappa shape index (κ1) is 15.2. The molecule has 0 bridgehead atoms. The van der Waals surface area contributed by atoms with Crippen molar-refractivity contribution in [2.45, 2.75) is 17.7 Å². The van der Waals surface area contributed by atoms with Crippen LogP contribution in [-0.2, 0) is 21.2 Å². The monoisotopic (exact) mass is 330 g/mol. The lowest BCUT2D eigenvalue weighted by Crippen LogP contribution is -2.16. The highest BCUT2D eigenvalue weighted by molar-refractivity contribution is 7.90. The number of hydrogen-bond acceptors (Lipinski definition) is 4. The normalized spacial score (nSPS) is 11.7. The number of aliphatic carboxylic acids is 1. The molecule has 0 aliphatic carbocycles. The molecule has 6 nitrogen and oxygen atoms in total. The lowest BCUT2D eigenvalue weighted by atomic mass is 10.2. The summed E-state index contributed by atoms with van der Waals surface area (Å²) in [7, 11) is -3.82. The van der Waals surface area contributed by atoms with E-state index in [4.69, 9.17) is 5.11 Å². The molecule has 2 heterocycles. The third-order valence-corrected chi connectivity index (χ3v) is 5.26. The Hall–Kier alpha value is -2.67. The van der Waals surface area contributed by atoms with Gasteiger partial charge in [0.1, 0.15) is 0 Å². The number of carboxylic acid groups (broad SMARTS) is 1. The van der Waals surface area contributed by atoms with Crippen molar-refractivity contribution in [1.82, 2.24) is 8.96 Å². The van der Waals surface area contributed by atoms with E-state index in [1.807, 2.05) is 0 Å². The Morgan fingerprint density at radius 1 is 1.13 bits per heavy atom. The van der Waals surface area contributed by atoms with Crippen LogP contribution in [0.25, 0.3) is 11.0 Å². The zero-order valence-corrected chi connectivity index (χ0v) is 12.9. The summed E-state index contributed by atoms with van der Waals surface area (Å²) in [5.74, 6) is -0.980. The minimum absolute atomic E-state index is 0.109. The van der Waals surface area contributed by atoms with Gasteiger partial charge in [-0.15, -0.1) is 0 Å². The first-order chi connectivity index (χ1) is 11.0. The molecule has 0 amide bonds. The quantitative estimate of drug-likeness (QED) is 0.775. The van der Waals surface area contributed by atoms with Crippen LogP contribution in [0, 0.1) is 0 Å². The lowest BCUT2D eigenvalue weighted by molar-refractivity contribution is -0.136. The Labute approximate surface area is 133 Å². The van der Waals surface area contributed by atoms with Crippen molar-refractivity contribution in [3.05, 3.63) is 60.4 Å². The molecule has 0 saturated carbocycles. The Bertz CT molecular complexity index is 962. The molecule has 1 N–H and O–H groups in total. The van der Waals surface area contributed by atoms with E-state index in [-0.39, 0.29) is 17.7 Å². The van der Waals surface area contributed by atoms with E-state index in [9.17, 15) is 13.2 Å². The van der Waals surface area contributed by atoms with Crippen molar-refractivity contribution in [2.75, 3.05) is 0 Å². The molecule has 118 valence electrons. The van der Waals surface area contributed by atoms with Gasteiger partial charge in [-0.3, -0.25) is 9.78 Å². The molecule has 0 atom stereocenters. The van der Waals surface area contributed by atoms with Gasteiger partial charge < -0.3 is 5.11 Å². The van der Waals surface area contributed by atoms with E-state index in [0.29, 0.717) is 16.7 Å². The van der Waals surface area contributed by atoms with Crippen molar-refractivity contribution in [2.24, 2.45) is 0 Å². The van der Waals surface area contributed by atoms with E-state index in [0.717, 1.165) is 0 Å². The second kappa shape index (κ2) is 5.85. The van der Waals surface area contributed by atoms with Crippen LogP contribution in [0.1, 0.15) is 12.1 Å². The molecule has 0 aliphatic rings. The standard InChI is InChI=1S/C16H14N2O4S/c19-16(20)9-8-12-11-14-15(7-4-10-17-14)18(12)23(21,22)13-5-2-1-3-6-13/h1-7,10-11H,8-9H2,(H,19,20). The largest absolute Gasteiger partial charge is 0.481 e. The molecule has 0 saturated heterocycles. The maximum atomic E-state index is 13.0. The van der Waals surface area contributed by atoms with Gasteiger partial charge in [-0.2, -0.15) is 0 Å². The molecule has 3 rings (SSSR count). The summed E-state index contributed by atoms with van der Waals surface area (Å²) >= 11 is 0. The van der Waals surface area contributed by atoms with Gasteiger partial charge in [0.05, 0.1) is 22.3 Å². The van der Waals surface area contributed by atoms with Gasteiger partial charge in [0.15, 0.2) is 0 Å². The van der Waals surface area contributed by atoms with Crippen LogP contribution in [-0.4, -0.2) is 28.5 Å². The fourth-order valence-corrected chi connectivity index (χ4v) is 4.03. The summed E-state index contributed by atoms with van der Waals surface area (Å²) < 4.78 is 27.1. The van der Waals surface area contributed by atoms with Crippen molar-refractivity contribution >= 4 is 27.0 Å². The number of pyridine rings is 1. The van der Waals surface area contributed by atoms with Crippen LogP contribution >= 0.6 is 0 Å². The summed E-state index contributed by atoms with van der Waals surface area (Å²) in [6.07, 6.45) is 1.53. The molecular formula is C16H14N2O4S. The third-order valence-electron chi connectivity index (χ3n) is 3.48. The Morgan fingerprint density at radius 3 is 2.57 bits per heavy atom. The van der Waals surface area contributed by atoms with E-state index in [1.54, 1.807) is 42.6 Å². The first-order valence-corrected chi connectivity index (χ1v) is 8.42. The topological polar surface area (TPSA) is 89.3 Å². The minimum atomic E-state index is -3.82. The summed E-state index contributed by atoms with van der Waals surface area (Å²) in [6.45, 7) is 0. The second-order valence-electron chi connectivity index (χ2n) is 5.02. The number of aryl methyl sites for hydroxylation is 1. The van der Waals surface area contributed by atoms with Crippen molar-refractivity contribution in [3.8, 4) is 0 Å². The molecule has 0 spiro atoms. The van der Waals surface area contributed by atoms with Crippen LogP contribution < -0.4 is 0 Å². The Balaban J connectivity index is 2.22. The predicted octanol–water partition coefficient (Wildman–Crippen LogP) is 2.29. The molecule has 0 radical (unpaired) electrons. The van der Waals surface area contributed by atoms with E-state index < -0.39 is 16.0 Å². The molecule has 0 fully saturated rings. The minimum Gasteiger partial charge on any atom is -0.481 e. The third kappa shape index (κ3) is 2.83. The number of rotatable bonds is 5. The second-order valence-corrected chi connectivity index (χ2v) is 6.81. The average molecular weight is 330 g/mol. The summed E-state index contributed by atoms with van der Waals surface area (Å²) in [5, 5.41) is 8.89. The van der Waals surface area contributed by atoms with Crippen molar-refractivity contribution in [1.29, 1.82) is 0 Å². The Kier molecular flexibility index (Phi) is 3.87. The number of fused-ring (bicyclic) bond motifs is 1. The van der Waals surface area contributed by atoms with Gasteiger partial charge in [0, 0.05) is 11.9 Å². The molecule has 0 unspecified atom stereocenters. The van der Waals surface area contributed by atoms with Gasteiger partial charge in [0.25, 0.3) is 10.0 Å². The Morgan fingerprint density at radius 2 is 1.87 bits per heavy atom. The van der Waals surface area contributed by atoms with Crippen molar-refractivity contribution in [3.63, 3.8) is 0 Å². The number of nitrogens with zero attached hydrogens (tertiary/aromatic N) is 2. The fraction of sp³-hybridized carbons (Fsp3) is 0.125. The highest BCUT2D eigenvalue weighted by atomic mass is 32.2. The maximum absolute atomic E-state index is 13.0. The number of carbonyl (C=O) groups is 1. The molecule has 23 heavy (non-hydrogen) atoms. The van der Waals surface area contributed by atoms with Gasteiger partial charge in [-0.1, -0.05) is 18.2 Å². The van der Waals surface area contributed by atoms with Gasteiger partial charge in [0.2, 0.25) is 0 Å². The van der Waals surface area contributed by atoms with E-state index >= 15 is 0 Å². The van der Waals surface area contributed by atoms with Crippen LogP contribution in [0.3, 0.4) is 0 Å². The van der Waals surface area contributed by atoms with Gasteiger partial charge >= 0.3 is 5.97 Å². The zero-order chi connectivity index (χ0) is 16.4. The summed E-state index contributed by atoms with van der Waals surface area (Å²) in [6, 6.07) is 13.0. The molecule has 0 aliphatic heterocycles. The summed E-state index contributed by atoms with van der Waals surface area (Å²) in [4.78, 5) is 15.2. The molecule has 2 aromatic heterocycles. The number of benzene rings is 1. The maximum Gasteiger partial charge on any atom is 0.303 e. The van der Waals surface area contributed by atoms with E-state index in [2.05, 4.69) is 4.98 Å². The van der Waals surface area contributed by atoms with Crippen LogP contribution in [0.5, 0.6) is 0 Å². The van der Waals surface area contributed by atoms with Gasteiger partial charge in [-0.05, 0) is 36.8 Å².